The van der Waals surface area contributed by atoms with Crippen LogP contribution in [0.4, 0.5) is 0 Å². The number of thiocarbonyl (C=S) groups is 2. The van der Waals surface area contributed by atoms with Crippen molar-refractivity contribution in [2.45, 2.75) is 22.0 Å². The van der Waals surface area contributed by atoms with Crippen LogP contribution in [0.25, 0.3) is 11.1 Å². The largest absolute Gasteiger partial charge is 0.369 e. The molecule has 2 aliphatic rings. The SMILES string of the molecule is S=C(SSc1ccc(-c2ccc(SSC(=S)C3CNCCO3)cc2)cc1)C1CNCCO1. The smallest absolute Gasteiger partial charge is 0.112 e. The second-order valence-electron chi connectivity index (χ2n) is 7.15. The fraction of sp³-hybridized carbons (Fsp3) is 0.364. The second-order valence-corrected chi connectivity index (χ2v) is 13.0. The van der Waals surface area contributed by atoms with Crippen molar-refractivity contribution in [3.05, 3.63) is 48.5 Å². The first kappa shape index (κ1) is 25.0. The van der Waals surface area contributed by atoms with Crippen LogP contribution in [0, 0.1) is 0 Å². The molecule has 0 aliphatic carbocycles. The van der Waals surface area contributed by atoms with Crippen LogP contribution in [0.15, 0.2) is 58.3 Å². The lowest BCUT2D eigenvalue weighted by atomic mass is 10.1. The molecular formula is C22H24N2O2S6. The summed E-state index contributed by atoms with van der Waals surface area (Å²) < 4.78 is 13.2. The Hall–Kier alpha value is -0.140. The minimum Gasteiger partial charge on any atom is -0.369 e. The molecule has 2 N–H and O–H groups in total. The molecule has 2 saturated heterocycles. The van der Waals surface area contributed by atoms with E-state index in [1.165, 1.54) is 20.9 Å². The van der Waals surface area contributed by atoms with Gasteiger partial charge in [0.05, 0.1) is 21.6 Å². The third kappa shape index (κ3) is 7.43. The van der Waals surface area contributed by atoms with Gasteiger partial charge in [-0.2, -0.15) is 0 Å². The summed E-state index contributed by atoms with van der Waals surface area (Å²) in [5.41, 5.74) is 2.39. The van der Waals surface area contributed by atoms with Gasteiger partial charge < -0.3 is 20.1 Å². The second kappa shape index (κ2) is 13.1. The van der Waals surface area contributed by atoms with Crippen LogP contribution in [-0.2, 0) is 9.47 Å². The van der Waals surface area contributed by atoms with E-state index in [2.05, 4.69) is 59.2 Å². The van der Waals surface area contributed by atoms with Gasteiger partial charge in [-0.25, -0.2) is 0 Å². The van der Waals surface area contributed by atoms with Gasteiger partial charge in [-0.15, -0.1) is 0 Å². The summed E-state index contributed by atoms with van der Waals surface area (Å²) in [6.07, 6.45) is 0.0394. The molecule has 2 aromatic carbocycles. The molecule has 0 spiro atoms. The molecule has 10 heteroatoms. The van der Waals surface area contributed by atoms with Crippen LogP contribution in [0.3, 0.4) is 0 Å². The van der Waals surface area contributed by atoms with Gasteiger partial charge in [0.15, 0.2) is 0 Å². The molecular weight excluding hydrogens is 517 g/mol. The van der Waals surface area contributed by atoms with Crippen molar-refractivity contribution in [1.82, 2.24) is 10.6 Å². The number of morpholine rings is 2. The van der Waals surface area contributed by atoms with E-state index >= 15 is 0 Å². The first-order chi connectivity index (χ1) is 15.7. The Morgan fingerprint density at radius 3 is 1.44 bits per heavy atom. The molecule has 0 saturated carbocycles. The molecule has 0 aromatic heterocycles. The molecule has 2 aliphatic heterocycles. The number of hydrogen-bond acceptors (Lipinski definition) is 10. The summed E-state index contributed by atoms with van der Waals surface area (Å²) >= 11 is 11.0. The van der Waals surface area contributed by atoms with Gasteiger partial charge in [0, 0.05) is 36.0 Å². The van der Waals surface area contributed by atoms with Crippen molar-refractivity contribution in [1.29, 1.82) is 0 Å². The van der Waals surface area contributed by atoms with E-state index in [9.17, 15) is 0 Å². The molecule has 32 heavy (non-hydrogen) atoms. The lowest BCUT2D eigenvalue weighted by molar-refractivity contribution is 0.0743. The quantitative estimate of drug-likeness (QED) is 0.349. The maximum Gasteiger partial charge on any atom is 0.112 e. The van der Waals surface area contributed by atoms with E-state index in [0.29, 0.717) is 0 Å². The summed E-state index contributed by atoms with van der Waals surface area (Å²) in [7, 11) is 6.59. The molecule has 2 atom stereocenters. The molecule has 2 fully saturated rings. The average Bonchev–Trinajstić information content (AvgIpc) is 2.87. The highest BCUT2D eigenvalue weighted by Crippen LogP contribution is 2.37. The topological polar surface area (TPSA) is 42.5 Å². The maximum atomic E-state index is 5.72. The highest BCUT2D eigenvalue weighted by molar-refractivity contribution is 8.84. The number of benzene rings is 2. The minimum atomic E-state index is 0.0197. The highest BCUT2D eigenvalue weighted by Gasteiger charge is 2.20. The maximum absolute atomic E-state index is 5.72. The van der Waals surface area contributed by atoms with Gasteiger partial charge in [-0.3, -0.25) is 0 Å². The standard InChI is InChI=1S/C22H24N2O2S6/c27-21(19-13-23-9-11-25-19)31-29-17-5-1-15(2-6-17)16-3-7-18(8-4-16)30-32-22(28)20-14-24-10-12-26-20/h1-8,19-20,23-24H,9-14H2. The minimum absolute atomic E-state index is 0.0197. The molecule has 2 heterocycles. The zero-order chi connectivity index (χ0) is 22.2. The molecule has 0 bridgehead atoms. The van der Waals surface area contributed by atoms with E-state index in [0.717, 1.165) is 47.8 Å². The third-order valence-corrected chi connectivity index (χ3v) is 11.2. The normalized spacial score (nSPS) is 21.2. The number of rotatable bonds is 7. The third-order valence-electron chi connectivity index (χ3n) is 4.86. The number of ether oxygens (including phenoxy) is 2. The Labute approximate surface area is 215 Å². The average molecular weight is 541 g/mol. The first-order valence-electron chi connectivity index (χ1n) is 10.3. The van der Waals surface area contributed by atoms with Crippen LogP contribution in [0.5, 0.6) is 0 Å². The summed E-state index contributed by atoms with van der Waals surface area (Å²) in [6, 6.07) is 17.2. The van der Waals surface area contributed by atoms with Gasteiger partial charge in [0.1, 0.15) is 12.2 Å². The van der Waals surface area contributed by atoms with Crippen molar-refractivity contribution >= 4 is 76.0 Å². The fourth-order valence-corrected chi connectivity index (χ4v) is 7.79. The zero-order valence-corrected chi connectivity index (χ0v) is 22.2. The van der Waals surface area contributed by atoms with Crippen LogP contribution in [0.1, 0.15) is 0 Å². The summed E-state index contributed by atoms with van der Waals surface area (Å²) in [4.78, 5) is 2.36. The molecule has 4 nitrogen and oxygen atoms in total. The van der Waals surface area contributed by atoms with Gasteiger partial charge in [-0.05, 0) is 57.0 Å². The van der Waals surface area contributed by atoms with E-state index < -0.39 is 0 Å². The predicted octanol–water partition coefficient (Wildman–Crippen LogP) is 5.47. The van der Waals surface area contributed by atoms with Crippen LogP contribution in [-0.4, -0.2) is 60.0 Å². The van der Waals surface area contributed by atoms with Crippen LogP contribution in [0.2, 0.25) is 0 Å². The summed E-state index contributed by atoms with van der Waals surface area (Å²) in [5, 5.41) is 6.64. The molecule has 0 radical (unpaired) electrons. The molecule has 4 rings (SSSR count). The summed E-state index contributed by atoms with van der Waals surface area (Å²) in [6.45, 7) is 4.85. The molecule has 170 valence electrons. The first-order valence-corrected chi connectivity index (χ1v) is 15.4. The Morgan fingerprint density at radius 1 is 0.688 bits per heavy atom. The van der Waals surface area contributed by atoms with Gasteiger partial charge in [-0.1, -0.05) is 70.3 Å². The zero-order valence-electron chi connectivity index (χ0n) is 17.3. The molecule has 0 amide bonds. The Bertz CT molecular complexity index is 822. The van der Waals surface area contributed by atoms with Crippen molar-refractivity contribution in [3.8, 4) is 11.1 Å². The highest BCUT2D eigenvalue weighted by atomic mass is 33.1. The fourth-order valence-electron chi connectivity index (χ4n) is 3.13. The monoisotopic (exact) mass is 540 g/mol. The molecule has 2 unspecified atom stereocenters. The van der Waals surface area contributed by atoms with Crippen LogP contribution < -0.4 is 10.6 Å². The Balaban J connectivity index is 1.25. The van der Waals surface area contributed by atoms with Crippen molar-refractivity contribution in [2.24, 2.45) is 0 Å². The van der Waals surface area contributed by atoms with Crippen molar-refractivity contribution < 1.29 is 9.47 Å². The van der Waals surface area contributed by atoms with Gasteiger partial charge >= 0.3 is 0 Å². The van der Waals surface area contributed by atoms with E-state index in [-0.39, 0.29) is 12.2 Å². The Kier molecular flexibility index (Phi) is 10.2. The van der Waals surface area contributed by atoms with Crippen LogP contribution >= 0.6 is 67.6 Å². The Morgan fingerprint density at radius 2 is 1.09 bits per heavy atom. The summed E-state index contributed by atoms with van der Waals surface area (Å²) in [5.74, 6) is 0. The predicted molar refractivity (Wildman–Crippen MR) is 149 cm³/mol. The van der Waals surface area contributed by atoms with Crippen molar-refractivity contribution in [3.63, 3.8) is 0 Å². The molecule has 2 aromatic rings. The van der Waals surface area contributed by atoms with Gasteiger partial charge in [0.2, 0.25) is 0 Å². The lowest BCUT2D eigenvalue weighted by Gasteiger charge is -2.23. The lowest BCUT2D eigenvalue weighted by Crippen LogP contribution is -2.41. The van der Waals surface area contributed by atoms with E-state index in [1.807, 2.05) is 0 Å². The van der Waals surface area contributed by atoms with E-state index in [1.54, 1.807) is 43.2 Å². The van der Waals surface area contributed by atoms with E-state index in [4.69, 9.17) is 33.9 Å². The number of hydrogen-bond donors (Lipinski definition) is 2. The van der Waals surface area contributed by atoms with Crippen molar-refractivity contribution in [2.75, 3.05) is 39.4 Å². The number of nitrogens with one attached hydrogen (secondary N) is 2. The van der Waals surface area contributed by atoms with Gasteiger partial charge in [0.25, 0.3) is 0 Å².